The minimum Gasteiger partial charge on any atom is -0.387 e. The Morgan fingerprint density at radius 3 is 2.30 bits per heavy atom. The van der Waals surface area contributed by atoms with Gasteiger partial charge in [-0.1, -0.05) is 86.8 Å². The van der Waals surface area contributed by atoms with Crippen LogP contribution in [0.3, 0.4) is 0 Å². The first-order valence-electron chi connectivity index (χ1n) is 26.9. The lowest BCUT2D eigenvalue weighted by atomic mass is 10.0. The van der Waals surface area contributed by atoms with Gasteiger partial charge in [-0.2, -0.15) is 11.8 Å². The number of ether oxygens (including phenoxy) is 2. The predicted molar refractivity (Wildman–Crippen MR) is 295 cm³/mol. The number of nitrogen functional groups attached to an aromatic ring is 1. The van der Waals surface area contributed by atoms with Gasteiger partial charge >= 0.3 is 6.03 Å². The van der Waals surface area contributed by atoms with Crippen LogP contribution in [0.25, 0.3) is 11.2 Å². The van der Waals surface area contributed by atoms with Gasteiger partial charge in [-0.15, -0.1) is 0 Å². The van der Waals surface area contributed by atoms with Gasteiger partial charge in [0.25, 0.3) is 5.91 Å². The quantitative estimate of drug-likeness (QED) is 0.0137. The van der Waals surface area contributed by atoms with Gasteiger partial charge in [-0.25, -0.2) is 19.7 Å². The number of rotatable bonds is 30. The lowest BCUT2D eigenvalue weighted by molar-refractivity contribution is -0.121. The number of aliphatic hydroxyl groups is 2. The molecule has 3 saturated heterocycles. The van der Waals surface area contributed by atoms with Crippen LogP contribution in [0, 0.1) is 0 Å². The lowest BCUT2D eigenvalue weighted by Crippen LogP contribution is -2.37. The van der Waals surface area contributed by atoms with Gasteiger partial charge < -0.3 is 56.6 Å². The molecule has 5 aromatic rings. The van der Waals surface area contributed by atoms with Crippen molar-refractivity contribution < 1.29 is 43.4 Å². The molecule has 1 unspecified atom stereocenters. The van der Waals surface area contributed by atoms with Crippen LogP contribution in [-0.4, -0.2) is 134 Å². The summed E-state index contributed by atoms with van der Waals surface area (Å²) in [6, 6.07) is 23.3. The zero-order valence-electron chi connectivity index (χ0n) is 43.2. The molecule has 76 heavy (non-hydrogen) atoms. The Morgan fingerprint density at radius 1 is 0.855 bits per heavy atom. The Morgan fingerprint density at radius 2 is 1.57 bits per heavy atom. The summed E-state index contributed by atoms with van der Waals surface area (Å²) in [7, 11) is -3.68. The minimum absolute atomic E-state index is 0.0211. The molecule has 19 nitrogen and oxygen atoms in total. The number of urea groups is 1. The van der Waals surface area contributed by atoms with Gasteiger partial charge in [0, 0.05) is 90.2 Å². The summed E-state index contributed by atoms with van der Waals surface area (Å²) in [6.45, 7) is 4.88. The van der Waals surface area contributed by atoms with E-state index in [4.69, 9.17) is 20.2 Å². The first-order chi connectivity index (χ1) is 37.0. The van der Waals surface area contributed by atoms with Gasteiger partial charge in [-0.3, -0.25) is 19.0 Å². The van der Waals surface area contributed by atoms with E-state index in [1.54, 1.807) is 47.0 Å². The number of hydrogen-bond donors (Lipinski definition) is 8. The Kier molecular flexibility index (Phi) is 20.5. The highest BCUT2D eigenvalue weighted by molar-refractivity contribution is 8.00. The van der Waals surface area contributed by atoms with E-state index >= 15 is 4.57 Å². The van der Waals surface area contributed by atoms with E-state index in [-0.39, 0.29) is 53.5 Å². The zero-order valence-corrected chi connectivity index (χ0v) is 45.0. The van der Waals surface area contributed by atoms with E-state index in [1.807, 2.05) is 55.1 Å². The molecule has 21 heteroatoms. The number of nitrogens with zero attached hydrogens (tertiary/aromatic N) is 4. The molecule has 0 spiro atoms. The molecule has 2 aromatic heterocycles. The Hall–Kier alpha value is -5.73. The molecule has 0 bridgehead atoms. The Balaban J connectivity index is 0.825. The van der Waals surface area contributed by atoms with E-state index in [9.17, 15) is 29.4 Å². The number of aryl methyl sites for hydroxylation is 1. The predicted octanol–water partition coefficient (Wildman–Crippen LogP) is 4.41. The summed E-state index contributed by atoms with van der Waals surface area (Å²) < 4.78 is 29.5. The number of fused-ring (bicyclic) bond motifs is 2. The van der Waals surface area contributed by atoms with Crippen molar-refractivity contribution in [1.82, 2.24) is 46.1 Å². The van der Waals surface area contributed by atoms with E-state index in [0.29, 0.717) is 122 Å². The van der Waals surface area contributed by atoms with Crippen molar-refractivity contribution in [2.75, 3.05) is 50.9 Å². The maximum absolute atomic E-state index is 15.8. The second kappa shape index (κ2) is 27.5. The molecule has 7 atom stereocenters. The fraction of sp³-hybridized carbons (Fsp3) is 0.509. The van der Waals surface area contributed by atoms with E-state index in [1.165, 1.54) is 6.33 Å². The van der Waals surface area contributed by atoms with Crippen LogP contribution >= 0.6 is 18.9 Å². The molecule has 3 aliphatic rings. The lowest BCUT2D eigenvalue weighted by Gasteiger charge is -2.23. The number of carbonyl (C=O) groups excluding carboxylic acids is 4. The molecule has 9 N–H and O–H groups in total. The van der Waals surface area contributed by atoms with Crippen LogP contribution in [0.15, 0.2) is 85.2 Å². The second-order valence-electron chi connectivity index (χ2n) is 19.7. The summed E-state index contributed by atoms with van der Waals surface area (Å²) in [5.74, 6) is 1.19. The van der Waals surface area contributed by atoms with Gasteiger partial charge in [0.2, 0.25) is 5.91 Å². The van der Waals surface area contributed by atoms with E-state index in [2.05, 4.69) is 36.6 Å². The number of nitrogens with two attached hydrogens (primary N) is 1. The number of imidazole rings is 1. The van der Waals surface area contributed by atoms with Crippen molar-refractivity contribution in [3.05, 3.63) is 102 Å². The standard InChI is InChI=1S/C55H73N10O9PS/c1-2-27-57-33-42-49(68)50(69)54(74-42)65-45(63-48-51(56)60-35-61-52(48)65)23-12-4-3-11-21-41(66)39-26-25-36(32-43(39)75(72,37-17-7-5-8-18-37)38-19-9-6-10-20-38)53(70)59-29-16-31-73-30-15-28-58-46(67)24-14-13-22-44-47-40(34-76-44)62-55(71)64-47/h5-10,17-20,25-26,32,35,40,42,44,47,49-50,54,57,68-69H,2-4,11-16,21-24,27-31,33-34H2,1H3,(H,58,67)(H,59,70)(H2,56,60,61)(H2,62,64,71)/t40-,42+,44-,47-,49?,50-,54+/m0/s1. The number of ketones is 1. The SMILES string of the molecule is CCCNC[C@H]1O[C@@H](n2c(CCCCCCC(=O)c3ccc(C(=O)NCCCOCCCNC(=O)CCCC[C@@H]4SC[C@@H]5NC(=O)N[C@@H]54)cc3P(=O)(c3ccccc3)c3ccccc3)nc3c(N)ncnc32)[C@@H](O)C1O. The fourth-order valence-electron chi connectivity index (χ4n) is 10.2. The molecular formula is C55H73N10O9PS. The highest BCUT2D eigenvalue weighted by atomic mass is 32.2. The van der Waals surface area contributed by atoms with Crippen molar-refractivity contribution in [2.24, 2.45) is 0 Å². The van der Waals surface area contributed by atoms with Gasteiger partial charge in [0.1, 0.15) is 30.5 Å². The highest BCUT2D eigenvalue weighted by Gasteiger charge is 2.45. The summed E-state index contributed by atoms with van der Waals surface area (Å²) >= 11 is 1.88. The number of amides is 4. The summed E-state index contributed by atoms with van der Waals surface area (Å²) in [6.07, 6.45) is 6.06. The zero-order chi connectivity index (χ0) is 53.4. The molecule has 5 heterocycles. The highest BCUT2D eigenvalue weighted by Crippen LogP contribution is 2.44. The number of thioether (sulfide) groups is 1. The molecule has 0 saturated carbocycles. The number of benzene rings is 3. The molecule has 0 aliphatic carbocycles. The van der Waals surface area contributed by atoms with Crippen LogP contribution in [0.4, 0.5) is 10.6 Å². The van der Waals surface area contributed by atoms with E-state index in [0.717, 1.165) is 44.4 Å². The van der Waals surface area contributed by atoms with Crippen molar-refractivity contribution >= 4 is 75.4 Å². The normalized spacial score (nSPS) is 21.1. The smallest absolute Gasteiger partial charge is 0.315 e. The molecule has 3 aromatic carbocycles. The second-order valence-corrected chi connectivity index (χ2v) is 23.7. The molecule has 408 valence electrons. The van der Waals surface area contributed by atoms with Crippen LogP contribution < -0.4 is 48.2 Å². The monoisotopic (exact) mass is 1080 g/mol. The number of Topliss-reactive ketones (excluding diaryl/α,β-unsaturated/α-hetero) is 1. The topological polar surface area (TPSA) is 274 Å². The average molecular weight is 1080 g/mol. The molecule has 8 rings (SSSR count). The maximum Gasteiger partial charge on any atom is 0.315 e. The number of nitrogens with one attached hydrogen (secondary N) is 5. The Labute approximate surface area is 448 Å². The minimum atomic E-state index is -3.68. The van der Waals surface area contributed by atoms with Crippen LogP contribution in [0.2, 0.25) is 0 Å². The molecule has 3 aliphatic heterocycles. The molecular weight excluding hydrogens is 1010 g/mol. The van der Waals surface area contributed by atoms with Gasteiger partial charge in [0.15, 0.2) is 36.1 Å². The summed E-state index contributed by atoms with van der Waals surface area (Å²) in [5, 5.41) is 39.0. The van der Waals surface area contributed by atoms with Gasteiger partial charge in [-0.05, 0) is 69.7 Å². The average Bonchev–Trinajstić information content (AvgIpc) is 4.19. The third kappa shape index (κ3) is 13.9. The number of aliphatic hydroxyl groups excluding tert-OH is 2. The Bertz CT molecular complexity index is 2750. The van der Waals surface area contributed by atoms with Crippen molar-refractivity contribution in [2.45, 2.75) is 132 Å². The number of carbonyl (C=O) groups is 4. The fourth-order valence-corrected chi connectivity index (χ4v) is 14.7. The van der Waals surface area contributed by atoms with Crippen LogP contribution in [-0.2, 0) is 25.3 Å². The number of hydrogen-bond acceptors (Lipinski definition) is 15. The number of unbranched alkanes of at least 4 members (excludes halogenated alkanes) is 4. The first-order valence-corrected chi connectivity index (χ1v) is 29.6. The third-order valence-electron chi connectivity index (χ3n) is 14.3. The third-order valence-corrected chi connectivity index (χ3v) is 18.9. The van der Waals surface area contributed by atoms with Crippen LogP contribution in [0.1, 0.15) is 117 Å². The van der Waals surface area contributed by atoms with Gasteiger partial charge in [0.05, 0.1) is 12.1 Å². The summed E-state index contributed by atoms with van der Waals surface area (Å²) in [5.41, 5.74) is 7.59. The molecule has 0 radical (unpaired) electrons. The number of aromatic nitrogens is 4. The maximum atomic E-state index is 15.8. The largest absolute Gasteiger partial charge is 0.387 e. The number of anilines is 1. The van der Waals surface area contributed by atoms with Crippen molar-refractivity contribution in [3.8, 4) is 0 Å². The molecule has 3 fully saturated rings. The van der Waals surface area contributed by atoms with E-state index < -0.39 is 31.7 Å². The van der Waals surface area contributed by atoms with Crippen LogP contribution in [0.5, 0.6) is 0 Å². The van der Waals surface area contributed by atoms with Crippen molar-refractivity contribution in [3.63, 3.8) is 0 Å². The summed E-state index contributed by atoms with van der Waals surface area (Å²) in [4.78, 5) is 65.4. The van der Waals surface area contributed by atoms with Crippen molar-refractivity contribution in [1.29, 1.82) is 0 Å². The first kappa shape index (κ1) is 56.5. The molecule has 4 amide bonds.